The number of rotatable bonds is 4. The van der Waals surface area contributed by atoms with Crippen LogP contribution < -0.4 is 9.80 Å². The molecule has 0 spiro atoms. The maximum atomic E-state index is 10.9. The predicted molar refractivity (Wildman–Crippen MR) is 91.6 cm³/mol. The number of carboxylic acids is 1. The molecule has 8 heteroatoms. The first kappa shape index (κ1) is 14.4. The van der Waals surface area contributed by atoms with Crippen LogP contribution >= 0.6 is 11.5 Å². The topological polar surface area (TPSA) is 82.5 Å². The molecule has 1 N–H and O–H groups in total. The average molecular weight is 345 g/mol. The Bertz CT molecular complexity index is 812. The second-order valence-electron chi connectivity index (χ2n) is 7.22. The summed E-state index contributed by atoms with van der Waals surface area (Å²) >= 11 is 1.42. The highest BCUT2D eigenvalue weighted by atomic mass is 32.1. The zero-order valence-electron chi connectivity index (χ0n) is 13.4. The van der Waals surface area contributed by atoms with Crippen LogP contribution in [0.25, 0.3) is 11.0 Å². The molecule has 4 heterocycles. The van der Waals surface area contributed by atoms with Gasteiger partial charge >= 0.3 is 5.97 Å². The highest BCUT2D eigenvalue weighted by molar-refractivity contribution is 7.04. The number of aliphatic carboxylic acids is 1. The van der Waals surface area contributed by atoms with Crippen LogP contribution in [-0.4, -0.2) is 51.1 Å². The molecule has 1 aliphatic carbocycles. The van der Waals surface area contributed by atoms with Crippen molar-refractivity contribution in [3.63, 3.8) is 0 Å². The molecule has 2 aliphatic heterocycles. The van der Waals surface area contributed by atoms with Crippen LogP contribution in [0.5, 0.6) is 0 Å². The third-order valence-electron chi connectivity index (χ3n) is 5.86. The van der Waals surface area contributed by atoms with E-state index in [2.05, 4.69) is 26.1 Å². The molecule has 24 heavy (non-hydrogen) atoms. The first-order valence-corrected chi connectivity index (χ1v) is 9.31. The van der Waals surface area contributed by atoms with Crippen molar-refractivity contribution in [3.8, 4) is 0 Å². The van der Waals surface area contributed by atoms with Crippen molar-refractivity contribution in [2.24, 2.45) is 17.8 Å². The summed E-state index contributed by atoms with van der Waals surface area (Å²) in [6, 6.07) is 0.487. The molecular formula is C16H19N5O2S. The zero-order valence-corrected chi connectivity index (χ0v) is 14.2. The minimum atomic E-state index is -0.679. The lowest BCUT2D eigenvalue weighted by molar-refractivity contribution is -0.137. The lowest BCUT2D eigenvalue weighted by atomic mass is 10.1. The maximum absolute atomic E-state index is 10.9. The molecule has 0 unspecified atom stereocenters. The van der Waals surface area contributed by atoms with E-state index in [4.69, 9.17) is 10.1 Å². The number of nitrogens with zero attached hydrogens (tertiary/aromatic N) is 5. The van der Waals surface area contributed by atoms with E-state index in [-0.39, 0.29) is 0 Å². The Balaban J connectivity index is 1.43. The smallest absolute Gasteiger partial charge is 0.303 e. The van der Waals surface area contributed by atoms with Crippen molar-refractivity contribution in [1.29, 1.82) is 0 Å². The highest BCUT2D eigenvalue weighted by Crippen LogP contribution is 2.54. The van der Waals surface area contributed by atoms with E-state index in [0.717, 1.165) is 42.4 Å². The van der Waals surface area contributed by atoms with Gasteiger partial charge in [0.1, 0.15) is 5.82 Å². The van der Waals surface area contributed by atoms with Gasteiger partial charge in [-0.05, 0) is 42.6 Å². The second-order valence-corrected chi connectivity index (χ2v) is 7.85. The lowest BCUT2D eigenvalue weighted by Gasteiger charge is -2.39. The summed E-state index contributed by atoms with van der Waals surface area (Å²) in [6.07, 6.45) is 1.48. The van der Waals surface area contributed by atoms with Gasteiger partial charge in [0, 0.05) is 37.5 Å². The van der Waals surface area contributed by atoms with E-state index in [1.54, 1.807) is 0 Å². The molecule has 0 aromatic carbocycles. The van der Waals surface area contributed by atoms with Crippen molar-refractivity contribution >= 4 is 40.3 Å². The fourth-order valence-corrected chi connectivity index (χ4v) is 4.86. The Labute approximate surface area is 143 Å². The van der Waals surface area contributed by atoms with Crippen LogP contribution in [0.15, 0.2) is 5.38 Å². The van der Waals surface area contributed by atoms with Gasteiger partial charge in [-0.25, -0.2) is 0 Å². The lowest BCUT2D eigenvalue weighted by Crippen LogP contribution is -2.46. The van der Waals surface area contributed by atoms with Crippen molar-refractivity contribution in [1.82, 2.24) is 14.3 Å². The van der Waals surface area contributed by atoms with Gasteiger partial charge < -0.3 is 14.9 Å². The average Bonchev–Trinajstić information content (AvgIpc) is 2.97. The quantitative estimate of drug-likeness (QED) is 0.905. The van der Waals surface area contributed by atoms with Crippen LogP contribution in [0, 0.1) is 17.8 Å². The third-order valence-corrected chi connectivity index (χ3v) is 6.48. The molecule has 0 bridgehead atoms. The SMILES string of the molecule is C[C@H]1CCN1c1nc(N2C[C@@H]3[C@@H](CC(=O)O)[C@@H]3C2)c2csnc2n1. The number of carbonyl (C=O) groups is 1. The van der Waals surface area contributed by atoms with E-state index in [0.29, 0.717) is 30.2 Å². The minimum Gasteiger partial charge on any atom is -0.481 e. The molecule has 3 fully saturated rings. The van der Waals surface area contributed by atoms with Crippen LogP contribution in [0.1, 0.15) is 19.8 Å². The van der Waals surface area contributed by atoms with E-state index >= 15 is 0 Å². The molecule has 126 valence electrons. The summed E-state index contributed by atoms with van der Waals surface area (Å²) in [5.41, 5.74) is 0.779. The molecule has 2 aromatic heterocycles. The largest absolute Gasteiger partial charge is 0.481 e. The molecule has 4 atom stereocenters. The van der Waals surface area contributed by atoms with E-state index < -0.39 is 5.97 Å². The van der Waals surface area contributed by atoms with Crippen molar-refractivity contribution in [2.45, 2.75) is 25.8 Å². The first-order valence-electron chi connectivity index (χ1n) is 8.47. The van der Waals surface area contributed by atoms with Gasteiger partial charge in [0.25, 0.3) is 0 Å². The Morgan fingerprint density at radius 1 is 1.38 bits per heavy atom. The van der Waals surface area contributed by atoms with E-state index in [1.807, 2.05) is 5.38 Å². The molecule has 2 aromatic rings. The second kappa shape index (κ2) is 5.02. The molecule has 7 nitrogen and oxygen atoms in total. The van der Waals surface area contributed by atoms with Crippen molar-refractivity contribution in [3.05, 3.63) is 5.38 Å². The summed E-state index contributed by atoms with van der Waals surface area (Å²) in [5, 5.41) is 12.0. The molecule has 0 radical (unpaired) electrons. The summed E-state index contributed by atoms with van der Waals surface area (Å²) in [4.78, 5) is 24.9. The standard InChI is InChI=1S/C16H19N5O2S/c1-8-2-3-21(8)16-17-14-12(7-24-19-14)15(18-16)20-5-10-9(4-13(22)23)11(10)6-20/h7-11H,2-6H2,1H3,(H,22,23)/t8-,9-,10-,11+/m0/s1. The number of piperidine rings is 1. The summed E-state index contributed by atoms with van der Waals surface area (Å²) < 4.78 is 4.42. The van der Waals surface area contributed by atoms with Gasteiger partial charge in [0.2, 0.25) is 5.95 Å². The Kier molecular flexibility index (Phi) is 3.01. The van der Waals surface area contributed by atoms with Gasteiger partial charge in [0.15, 0.2) is 5.65 Å². The third kappa shape index (κ3) is 2.08. The first-order chi connectivity index (χ1) is 11.6. The normalized spacial score (nSPS) is 31.2. The monoisotopic (exact) mass is 345 g/mol. The molecule has 1 saturated carbocycles. The van der Waals surface area contributed by atoms with Crippen LogP contribution in [0.3, 0.4) is 0 Å². The Morgan fingerprint density at radius 3 is 2.79 bits per heavy atom. The Hall–Kier alpha value is -1.96. The molecular weight excluding hydrogens is 326 g/mol. The molecule has 2 saturated heterocycles. The number of hydrogen-bond acceptors (Lipinski definition) is 7. The number of carboxylic acid groups (broad SMARTS) is 1. The van der Waals surface area contributed by atoms with E-state index in [9.17, 15) is 4.79 Å². The van der Waals surface area contributed by atoms with Crippen LogP contribution in [0.2, 0.25) is 0 Å². The number of anilines is 2. The van der Waals surface area contributed by atoms with E-state index in [1.165, 1.54) is 18.0 Å². The van der Waals surface area contributed by atoms with Gasteiger partial charge in [-0.1, -0.05) is 0 Å². The molecule has 0 amide bonds. The number of fused-ring (bicyclic) bond motifs is 2. The van der Waals surface area contributed by atoms with Gasteiger partial charge in [-0.3, -0.25) is 4.79 Å². The fourth-order valence-electron chi connectivity index (χ4n) is 4.25. The Morgan fingerprint density at radius 2 is 2.17 bits per heavy atom. The molecule has 5 rings (SSSR count). The van der Waals surface area contributed by atoms with Gasteiger partial charge in [-0.2, -0.15) is 14.3 Å². The molecule has 3 aliphatic rings. The summed E-state index contributed by atoms with van der Waals surface area (Å²) in [6.45, 7) is 5.00. The number of aromatic nitrogens is 3. The maximum Gasteiger partial charge on any atom is 0.303 e. The highest BCUT2D eigenvalue weighted by Gasteiger charge is 2.56. The van der Waals surface area contributed by atoms with Gasteiger partial charge in [-0.15, -0.1) is 0 Å². The number of hydrogen-bond donors (Lipinski definition) is 1. The minimum absolute atomic E-state index is 0.304. The van der Waals surface area contributed by atoms with Crippen LogP contribution in [-0.2, 0) is 4.79 Å². The summed E-state index contributed by atoms with van der Waals surface area (Å²) in [5.74, 6) is 2.44. The van der Waals surface area contributed by atoms with Crippen LogP contribution in [0.4, 0.5) is 11.8 Å². The summed E-state index contributed by atoms with van der Waals surface area (Å²) in [7, 11) is 0. The van der Waals surface area contributed by atoms with Gasteiger partial charge in [0.05, 0.1) is 5.39 Å². The predicted octanol–water partition coefficient (Wildman–Crippen LogP) is 1.84. The van der Waals surface area contributed by atoms with Crippen molar-refractivity contribution in [2.75, 3.05) is 29.4 Å². The van der Waals surface area contributed by atoms with Crippen molar-refractivity contribution < 1.29 is 9.90 Å². The zero-order chi connectivity index (χ0) is 16.4. The fraction of sp³-hybridized carbons (Fsp3) is 0.625.